The predicted octanol–water partition coefficient (Wildman–Crippen LogP) is 1.23. The van der Waals surface area contributed by atoms with E-state index in [1.54, 1.807) is 0 Å². The summed E-state index contributed by atoms with van der Waals surface area (Å²) in [5.41, 5.74) is 7.91. The molecule has 1 aliphatic carbocycles. The normalized spacial score (nSPS) is 33.2. The van der Waals surface area contributed by atoms with Gasteiger partial charge >= 0.3 is 0 Å². The first kappa shape index (κ1) is 12.6. The zero-order chi connectivity index (χ0) is 13.4. The van der Waals surface area contributed by atoms with Crippen LogP contribution in [0.15, 0.2) is 24.3 Å². The van der Waals surface area contributed by atoms with Crippen molar-refractivity contribution in [1.29, 1.82) is 0 Å². The Kier molecular flexibility index (Phi) is 3.29. The number of amides is 1. The fraction of sp³-hybridized carbons (Fsp3) is 0.533. The van der Waals surface area contributed by atoms with Crippen LogP contribution in [0.4, 0.5) is 0 Å². The van der Waals surface area contributed by atoms with Crippen molar-refractivity contribution in [1.82, 2.24) is 5.32 Å². The molecule has 4 heteroatoms. The zero-order valence-electron chi connectivity index (χ0n) is 11.1. The number of fused-ring (bicyclic) bond motifs is 1. The van der Waals surface area contributed by atoms with E-state index >= 15 is 0 Å². The number of nitrogens with two attached hydrogens (primary N) is 1. The van der Waals surface area contributed by atoms with E-state index in [2.05, 4.69) is 5.32 Å². The molecule has 1 saturated heterocycles. The first-order valence-corrected chi connectivity index (χ1v) is 6.91. The van der Waals surface area contributed by atoms with Gasteiger partial charge in [-0.15, -0.1) is 0 Å². The minimum absolute atomic E-state index is 0.0269. The van der Waals surface area contributed by atoms with Gasteiger partial charge in [0.15, 0.2) is 0 Å². The SMILES string of the molecule is Cc1cccc(C(=O)NC2C(N)C3CCCOC32)c1. The lowest BCUT2D eigenvalue weighted by atomic mass is 9.68. The Balaban J connectivity index is 1.67. The number of carbonyl (C=O) groups excluding carboxylic acids is 1. The molecule has 1 amide bonds. The summed E-state index contributed by atoms with van der Waals surface area (Å²) >= 11 is 0. The highest BCUT2D eigenvalue weighted by Gasteiger charge is 2.51. The summed E-state index contributed by atoms with van der Waals surface area (Å²) in [6.45, 7) is 2.76. The first-order valence-electron chi connectivity index (χ1n) is 6.91. The van der Waals surface area contributed by atoms with Gasteiger partial charge in [-0.05, 0) is 31.9 Å². The lowest BCUT2D eigenvalue weighted by Crippen LogP contribution is -2.72. The van der Waals surface area contributed by atoms with Crippen LogP contribution in [-0.4, -0.2) is 30.7 Å². The molecule has 1 aromatic carbocycles. The molecule has 3 rings (SSSR count). The smallest absolute Gasteiger partial charge is 0.251 e. The Morgan fingerprint density at radius 2 is 2.32 bits per heavy atom. The summed E-state index contributed by atoms with van der Waals surface area (Å²) in [5, 5.41) is 3.02. The molecule has 0 bridgehead atoms. The molecule has 0 radical (unpaired) electrons. The largest absolute Gasteiger partial charge is 0.376 e. The van der Waals surface area contributed by atoms with Gasteiger partial charge in [-0.1, -0.05) is 17.7 Å². The summed E-state index contributed by atoms with van der Waals surface area (Å²) in [7, 11) is 0. The minimum atomic E-state index is -0.0585. The molecule has 3 N–H and O–H groups in total. The Morgan fingerprint density at radius 1 is 1.47 bits per heavy atom. The van der Waals surface area contributed by atoms with E-state index in [9.17, 15) is 4.79 Å². The average molecular weight is 260 g/mol. The number of hydrogen-bond donors (Lipinski definition) is 2. The first-order chi connectivity index (χ1) is 9.16. The van der Waals surface area contributed by atoms with Crippen LogP contribution in [0.1, 0.15) is 28.8 Å². The topological polar surface area (TPSA) is 64.4 Å². The number of ether oxygens (including phenoxy) is 1. The van der Waals surface area contributed by atoms with Crippen molar-refractivity contribution in [3.05, 3.63) is 35.4 Å². The van der Waals surface area contributed by atoms with E-state index in [-0.39, 0.29) is 24.1 Å². The fourth-order valence-electron chi connectivity index (χ4n) is 3.15. The van der Waals surface area contributed by atoms with Crippen LogP contribution >= 0.6 is 0 Å². The second-order valence-corrected chi connectivity index (χ2v) is 5.59. The van der Waals surface area contributed by atoms with Crippen LogP contribution in [0.3, 0.4) is 0 Å². The second-order valence-electron chi connectivity index (χ2n) is 5.59. The van der Waals surface area contributed by atoms with Crippen LogP contribution in [-0.2, 0) is 4.74 Å². The van der Waals surface area contributed by atoms with Crippen LogP contribution in [0.25, 0.3) is 0 Å². The standard InChI is InChI=1S/C15H20N2O2/c1-9-4-2-5-10(8-9)15(18)17-13-12(16)11-6-3-7-19-14(11)13/h2,4-5,8,11-14H,3,6-7,16H2,1H3,(H,17,18). The number of aryl methyl sites for hydroxylation is 1. The third-order valence-electron chi connectivity index (χ3n) is 4.26. The van der Waals surface area contributed by atoms with E-state index in [1.807, 2.05) is 31.2 Å². The Hall–Kier alpha value is -1.39. The summed E-state index contributed by atoms with van der Waals surface area (Å²) in [5.74, 6) is 0.355. The Bertz CT molecular complexity index is 489. The van der Waals surface area contributed by atoms with Crippen LogP contribution in [0.5, 0.6) is 0 Å². The fourth-order valence-corrected chi connectivity index (χ4v) is 3.15. The highest BCUT2D eigenvalue weighted by molar-refractivity contribution is 5.94. The number of hydrogen-bond acceptors (Lipinski definition) is 3. The maximum Gasteiger partial charge on any atom is 0.251 e. The van der Waals surface area contributed by atoms with Crippen molar-refractivity contribution in [2.75, 3.05) is 6.61 Å². The van der Waals surface area contributed by atoms with Crippen molar-refractivity contribution in [3.63, 3.8) is 0 Å². The molecule has 1 aliphatic heterocycles. The van der Waals surface area contributed by atoms with Gasteiger partial charge in [0.1, 0.15) is 0 Å². The van der Waals surface area contributed by atoms with Gasteiger partial charge in [0.2, 0.25) is 0 Å². The third kappa shape index (κ3) is 2.26. The van der Waals surface area contributed by atoms with Crippen molar-refractivity contribution in [3.8, 4) is 0 Å². The summed E-state index contributed by atoms with van der Waals surface area (Å²) in [4.78, 5) is 12.2. The minimum Gasteiger partial charge on any atom is -0.376 e. The van der Waals surface area contributed by atoms with Crippen molar-refractivity contribution < 1.29 is 9.53 Å². The molecule has 1 aromatic rings. The molecule has 0 spiro atoms. The van der Waals surface area contributed by atoms with Crippen LogP contribution in [0.2, 0.25) is 0 Å². The summed E-state index contributed by atoms with van der Waals surface area (Å²) in [6.07, 6.45) is 2.30. The van der Waals surface area contributed by atoms with Crippen molar-refractivity contribution >= 4 is 5.91 Å². The van der Waals surface area contributed by atoms with Crippen molar-refractivity contribution in [2.45, 2.75) is 38.0 Å². The van der Waals surface area contributed by atoms with Crippen LogP contribution in [0, 0.1) is 12.8 Å². The van der Waals surface area contributed by atoms with Gasteiger partial charge in [0.05, 0.1) is 12.1 Å². The van der Waals surface area contributed by atoms with Gasteiger partial charge in [-0.2, -0.15) is 0 Å². The molecule has 19 heavy (non-hydrogen) atoms. The maximum atomic E-state index is 12.2. The zero-order valence-corrected chi connectivity index (χ0v) is 11.1. The van der Waals surface area contributed by atoms with Gasteiger partial charge < -0.3 is 15.8 Å². The van der Waals surface area contributed by atoms with E-state index < -0.39 is 0 Å². The summed E-state index contributed by atoms with van der Waals surface area (Å²) in [6, 6.07) is 7.57. The van der Waals surface area contributed by atoms with Crippen molar-refractivity contribution in [2.24, 2.45) is 11.7 Å². The molecule has 4 nitrogen and oxygen atoms in total. The van der Waals surface area contributed by atoms with Gasteiger partial charge in [0.25, 0.3) is 5.91 Å². The Morgan fingerprint density at radius 3 is 3.11 bits per heavy atom. The molecule has 0 aromatic heterocycles. The number of carbonyl (C=O) groups is 1. The van der Waals surface area contributed by atoms with E-state index in [0.717, 1.165) is 25.0 Å². The quantitative estimate of drug-likeness (QED) is 0.840. The molecule has 4 unspecified atom stereocenters. The third-order valence-corrected chi connectivity index (χ3v) is 4.26. The lowest BCUT2D eigenvalue weighted by molar-refractivity contribution is -0.117. The molecular weight excluding hydrogens is 240 g/mol. The molecule has 4 atom stereocenters. The second kappa shape index (κ2) is 4.94. The van der Waals surface area contributed by atoms with Gasteiger partial charge in [0, 0.05) is 24.1 Å². The molecule has 1 heterocycles. The van der Waals surface area contributed by atoms with E-state index in [1.165, 1.54) is 0 Å². The number of rotatable bonds is 2. The lowest BCUT2D eigenvalue weighted by Gasteiger charge is -2.52. The van der Waals surface area contributed by atoms with E-state index in [0.29, 0.717) is 11.5 Å². The number of nitrogens with one attached hydrogen (secondary N) is 1. The van der Waals surface area contributed by atoms with Gasteiger partial charge in [-0.3, -0.25) is 4.79 Å². The maximum absolute atomic E-state index is 12.2. The highest BCUT2D eigenvalue weighted by atomic mass is 16.5. The molecular formula is C15H20N2O2. The molecule has 102 valence electrons. The predicted molar refractivity (Wildman–Crippen MR) is 72.9 cm³/mol. The van der Waals surface area contributed by atoms with Gasteiger partial charge in [-0.25, -0.2) is 0 Å². The molecule has 2 aliphatic rings. The highest BCUT2D eigenvalue weighted by Crippen LogP contribution is 2.37. The monoisotopic (exact) mass is 260 g/mol. The summed E-state index contributed by atoms with van der Waals surface area (Å²) < 4.78 is 5.73. The van der Waals surface area contributed by atoms with Crippen LogP contribution < -0.4 is 11.1 Å². The van der Waals surface area contributed by atoms with E-state index in [4.69, 9.17) is 10.5 Å². The Labute approximate surface area is 113 Å². The molecule has 2 fully saturated rings. The number of benzene rings is 1. The average Bonchev–Trinajstić information content (AvgIpc) is 2.44. The molecule has 1 saturated carbocycles.